The Morgan fingerprint density at radius 3 is 2.52 bits per heavy atom. The van der Waals surface area contributed by atoms with Gasteiger partial charge in [-0.3, -0.25) is 18.9 Å². The second kappa shape index (κ2) is 12.7. The lowest BCUT2D eigenvalue weighted by Crippen LogP contribution is -2.57. The lowest BCUT2D eigenvalue weighted by atomic mass is 9.85. The molecule has 0 bridgehead atoms. The number of thiazole rings is 1. The molecule has 3 heterocycles. The third-order valence-electron chi connectivity index (χ3n) is 7.53. The van der Waals surface area contributed by atoms with Crippen molar-refractivity contribution in [3.8, 4) is 10.4 Å². The molecule has 1 aliphatic rings. The van der Waals surface area contributed by atoms with Crippen molar-refractivity contribution < 1.29 is 37.5 Å². The van der Waals surface area contributed by atoms with Crippen LogP contribution in [0.25, 0.3) is 20.5 Å². The summed E-state index contributed by atoms with van der Waals surface area (Å²) in [5.74, 6) is -1.47. The Hall–Kier alpha value is -3.26. The minimum absolute atomic E-state index is 0.115. The molecule has 10 nitrogen and oxygen atoms in total. The lowest BCUT2D eigenvalue weighted by molar-refractivity contribution is -0.140. The minimum Gasteiger partial charge on any atom is -0.339 e. The maximum atomic E-state index is 14.3. The Morgan fingerprint density at radius 2 is 1.85 bits per heavy atom. The van der Waals surface area contributed by atoms with E-state index in [-0.39, 0.29) is 10.3 Å². The Bertz CT molecular complexity index is 1870. The minimum atomic E-state index is -5.77. The van der Waals surface area contributed by atoms with E-state index in [1.54, 1.807) is 39.1 Å². The molecule has 244 valence electrons. The van der Waals surface area contributed by atoms with Gasteiger partial charge in [-0.1, -0.05) is 61.9 Å². The summed E-state index contributed by atoms with van der Waals surface area (Å²) in [7, 11) is -5.77. The van der Waals surface area contributed by atoms with Crippen molar-refractivity contribution in [2.45, 2.75) is 51.4 Å². The Labute approximate surface area is 275 Å². The number of nitrogens with zero attached hydrogens (tertiary/aromatic N) is 2. The number of aromatic nitrogens is 1. The number of thiophene rings is 1. The number of carbonyl (C=O) groups excluding carboxylic acids is 3. The van der Waals surface area contributed by atoms with Gasteiger partial charge in [0, 0.05) is 28.0 Å². The van der Waals surface area contributed by atoms with E-state index in [1.807, 2.05) is 12.1 Å². The normalized spacial score (nSPS) is 16.4. The predicted molar refractivity (Wildman–Crippen MR) is 174 cm³/mol. The van der Waals surface area contributed by atoms with Gasteiger partial charge >= 0.3 is 13.3 Å². The maximum absolute atomic E-state index is 14.3. The molecule has 2 aromatic carbocycles. The van der Waals surface area contributed by atoms with Crippen molar-refractivity contribution in [2.24, 2.45) is 5.41 Å². The first-order valence-corrected chi connectivity index (χ1v) is 17.7. The molecule has 0 saturated carbocycles. The van der Waals surface area contributed by atoms with Gasteiger partial charge in [-0.15, -0.1) is 11.3 Å². The monoisotopic (exact) mass is 710 g/mol. The molecule has 5 rings (SSSR count). The average molecular weight is 711 g/mol. The van der Waals surface area contributed by atoms with Gasteiger partial charge in [0.05, 0.1) is 9.75 Å². The number of anilines is 1. The number of hydrogen-bond donors (Lipinski definition) is 4. The number of carbonyl (C=O) groups is 3. The second-order valence-corrected chi connectivity index (χ2v) is 16.1. The molecule has 1 saturated heterocycles. The second-order valence-electron chi connectivity index (χ2n) is 11.9. The van der Waals surface area contributed by atoms with Crippen molar-refractivity contribution >= 4 is 74.8 Å². The summed E-state index contributed by atoms with van der Waals surface area (Å²) in [6, 6.07) is 9.85. The molecule has 0 radical (unpaired) electrons. The van der Waals surface area contributed by atoms with Crippen LogP contribution in [0.15, 0.2) is 54.7 Å². The average Bonchev–Trinajstić information content (AvgIpc) is 3.73. The van der Waals surface area contributed by atoms with E-state index in [9.17, 15) is 27.7 Å². The molecule has 16 heteroatoms. The topological polar surface area (TPSA) is 149 Å². The summed E-state index contributed by atoms with van der Waals surface area (Å²) >= 11 is 8.35. The number of alkyl halides is 2. The van der Waals surface area contributed by atoms with E-state index >= 15 is 0 Å². The van der Waals surface area contributed by atoms with E-state index in [2.05, 4.69) is 15.6 Å². The van der Waals surface area contributed by atoms with Crippen LogP contribution >= 0.6 is 41.9 Å². The zero-order chi connectivity index (χ0) is 33.6. The molecule has 4 N–H and O–H groups in total. The van der Waals surface area contributed by atoms with E-state index < -0.39 is 54.0 Å². The van der Waals surface area contributed by atoms with E-state index in [1.165, 1.54) is 28.4 Å². The molecule has 46 heavy (non-hydrogen) atoms. The van der Waals surface area contributed by atoms with Crippen LogP contribution < -0.4 is 10.6 Å². The highest BCUT2D eigenvalue weighted by molar-refractivity contribution is 7.52. The van der Waals surface area contributed by atoms with Crippen LogP contribution in [-0.2, 0) is 19.8 Å². The van der Waals surface area contributed by atoms with Gasteiger partial charge in [-0.25, -0.2) is 4.98 Å². The van der Waals surface area contributed by atoms with Crippen molar-refractivity contribution in [1.82, 2.24) is 15.2 Å². The highest BCUT2D eigenvalue weighted by Gasteiger charge is 2.50. The van der Waals surface area contributed by atoms with Gasteiger partial charge in [0.2, 0.25) is 11.8 Å². The van der Waals surface area contributed by atoms with Gasteiger partial charge in [0.25, 0.3) is 5.91 Å². The number of benzene rings is 2. The summed E-state index contributed by atoms with van der Waals surface area (Å²) < 4.78 is 40.3. The molecule has 1 unspecified atom stereocenters. The van der Waals surface area contributed by atoms with Gasteiger partial charge in [-0.05, 0) is 59.5 Å². The summed E-state index contributed by atoms with van der Waals surface area (Å²) in [4.78, 5) is 65.5. The van der Waals surface area contributed by atoms with Crippen LogP contribution in [0.5, 0.6) is 0 Å². The van der Waals surface area contributed by atoms with Crippen LogP contribution in [0.1, 0.15) is 48.8 Å². The molecule has 3 amide bonds. The zero-order valence-corrected chi connectivity index (χ0v) is 28.1. The predicted octanol–water partition coefficient (Wildman–Crippen LogP) is 6.68. The van der Waals surface area contributed by atoms with Gasteiger partial charge in [0.1, 0.15) is 12.1 Å². The number of fused-ring (bicyclic) bond motifs is 1. The van der Waals surface area contributed by atoms with Gasteiger partial charge < -0.3 is 25.3 Å². The largest absolute Gasteiger partial charge is 0.399 e. The third-order valence-corrected chi connectivity index (χ3v) is 10.8. The number of amides is 3. The summed E-state index contributed by atoms with van der Waals surface area (Å²) in [5.41, 5.74) is -5.19. The molecule has 2 atom stereocenters. The summed E-state index contributed by atoms with van der Waals surface area (Å²) in [5, 5.41) is 6.71. The first kappa shape index (κ1) is 34.1. The standard InChI is InChI=1S/C30H30ClF2N4O6PS2/c1-29(2,3)24(35-26(39)22-14-17-12-18(9-10-21(17)45-22)30(32,33)44(41,42)43)27(40)37-11-5-8-20(37)25(38)36-28-34-15-23(46-28)16-6-4-7-19(31)13-16/h4,6-7,9-10,12-15,20,24H,5,8,11H2,1-3H3,(H,35,39)(H,34,36,38)(H2,41,42,43)/t20-,24?/m0/s1. The number of rotatable bonds is 8. The molecular weight excluding hydrogens is 681 g/mol. The van der Waals surface area contributed by atoms with Gasteiger partial charge in [0.15, 0.2) is 5.13 Å². The van der Waals surface area contributed by atoms with Crippen LogP contribution in [0, 0.1) is 5.41 Å². The Morgan fingerprint density at radius 1 is 1.11 bits per heavy atom. The van der Waals surface area contributed by atoms with Crippen molar-refractivity contribution in [3.05, 3.63) is 70.2 Å². The fraction of sp³-hybridized carbons (Fsp3) is 0.333. The first-order valence-electron chi connectivity index (χ1n) is 14.1. The molecule has 2 aromatic heterocycles. The third kappa shape index (κ3) is 7.02. The quantitative estimate of drug-likeness (QED) is 0.149. The van der Waals surface area contributed by atoms with Crippen LogP contribution in [0.4, 0.5) is 13.9 Å². The van der Waals surface area contributed by atoms with Crippen LogP contribution in [0.2, 0.25) is 5.02 Å². The maximum Gasteiger partial charge on any atom is 0.399 e. The molecular formula is C30H30ClF2N4O6PS2. The van der Waals surface area contributed by atoms with Gasteiger partial charge in [-0.2, -0.15) is 8.78 Å². The number of nitrogens with one attached hydrogen (secondary N) is 2. The Kier molecular flexibility index (Phi) is 9.44. The van der Waals surface area contributed by atoms with Crippen molar-refractivity contribution in [3.63, 3.8) is 0 Å². The molecule has 1 aliphatic heterocycles. The number of likely N-dealkylation sites (tertiary alicyclic amines) is 1. The van der Waals surface area contributed by atoms with E-state index in [0.717, 1.165) is 33.9 Å². The fourth-order valence-corrected chi connectivity index (χ4v) is 7.55. The molecule has 0 aliphatic carbocycles. The van der Waals surface area contributed by atoms with Crippen LogP contribution in [0.3, 0.4) is 0 Å². The Balaban J connectivity index is 1.31. The number of hydrogen-bond acceptors (Lipinski definition) is 7. The molecule has 4 aromatic rings. The van der Waals surface area contributed by atoms with Crippen LogP contribution in [-0.4, -0.2) is 56.0 Å². The van der Waals surface area contributed by atoms with Crippen molar-refractivity contribution in [1.29, 1.82) is 0 Å². The SMILES string of the molecule is CC(C)(C)C(NC(=O)c1cc2cc(C(F)(F)P(=O)(O)O)ccc2s1)C(=O)N1CCC[C@H]1C(=O)Nc1ncc(-c2cccc(Cl)c2)s1. The number of halogens is 3. The highest BCUT2D eigenvalue weighted by atomic mass is 35.5. The lowest BCUT2D eigenvalue weighted by Gasteiger charge is -2.35. The van der Waals surface area contributed by atoms with Crippen molar-refractivity contribution in [2.75, 3.05) is 11.9 Å². The van der Waals surface area contributed by atoms with E-state index in [4.69, 9.17) is 21.4 Å². The fourth-order valence-electron chi connectivity index (χ4n) is 5.13. The summed E-state index contributed by atoms with van der Waals surface area (Å²) in [6.07, 6.45) is 2.64. The molecule has 0 spiro atoms. The molecule has 1 fully saturated rings. The zero-order valence-electron chi connectivity index (χ0n) is 24.8. The smallest absolute Gasteiger partial charge is 0.339 e. The van der Waals surface area contributed by atoms with E-state index in [0.29, 0.717) is 34.2 Å². The summed E-state index contributed by atoms with van der Waals surface area (Å²) in [6.45, 7) is 5.63. The first-order chi connectivity index (χ1) is 21.5. The highest BCUT2D eigenvalue weighted by Crippen LogP contribution is 2.59.